The lowest BCUT2D eigenvalue weighted by molar-refractivity contribution is -0.118. The Morgan fingerprint density at radius 2 is 1.77 bits per heavy atom. The minimum Gasteiger partial charge on any atom is -0.370 e. The van der Waals surface area contributed by atoms with E-state index in [4.69, 9.17) is 5.73 Å². The Bertz CT molecular complexity index is 653. The van der Waals surface area contributed by atoms with Crippen molar-refractivity contribution in [3.05, 3.63) is 65.7 Å². The second-order valence-corrected chi connectivity index (χ2v) is 5.23. The Morgan fingerprint density at radius 1 is 1.05 bits per heavy atom. The van der Waals surface area contributed by atoms with Crippen molar-refractivity contribution in [1.82, 2.24) is 0 Å². The summed E-state index contributed by atoms with van der Waals surface area (Å²) in [6.45, 7) is 2.44. The third kappa shape index (κ3) is 4.19. The molecule has 0 heterocycles. The Morgan fingerprint density at radius 3 is 2.41 bits per heavy atom. The summed E-state index contributed by atoms with van der Waals surface area (Å²) in [6, 6.07) is 16.9. The van der Waals surface area contributed by atoms with Crippen molar-refractivity contribution < 1.29 is 9.59 Å². The Hall–Kier alpha value is -2.62. The third-order valence-corrected chi connectivity index (χ3v) is 3.38. The average molecular weight is 296 g/mol. The van der Waals surface area contributed by atoms with Gasteiger partial charge < -0.3 is 10.6 Å². The Labute approximate surface area is 130 Å². The van der Waals surface area contributed by atoms with E-state index in [0.717, 1.165) is 11.3 Å². The van der Waals surface area contributed by atoms with Crippen molar-refractivity contribution in [3.8, 4) is 0 Å². The predicted molar refractivity (Wildman–Crippen MR) is 87.7 cm³/mol. The van der Waals surface area contributed by atoms with E-state index < -0.39 is 0 Å². The third-order valence-electron chi connectivity index (χ3n) is 3.38. The molecule has 0 saturated carbocycles. The summed E-state index contributed by atoms with van der Waals surface area (Å²) in [4.78, 5) is 25.4. The number of nitrogens with two attached hydrogens (primary N) is 1. The lowest BCUT2D eigenvalue weighted by atomic mass is 10.1. The van der Waals surface area contributed by atoms with Gasteiger partial charge in [-0.15, -0.1) is 0 Å². The average Bonchev–Trinajstić information content (AvgIpc) is 2.51. The zero-order chi connectivity index (χ0) is 15.9. The van der Waals surface area contributed by atoms with E-state index in [2.05, 4.69) is 0 Å². The van der Waals surface area contributed by atoms with Crippen LogP contribution in [0, 0.1) is 6.92 Å². The number of anilines is 1. The molecule has 0 bridgehead atoms. The van der Waals surface area contributed by atoms with Gasteiger partial charge in [0.15, 0.2) is 0 Å². The summed E-state index contributed by atoms with van der Waals surface area (Å²) in [5, 5.41) is 0. The lowest BCUT2D eigenvalue weighted by Crippen LogP contribution is -2.32. The summed E-state index contributed by atoms with van der Waals surface area (Å²) in [7, 11) is 0. The van der Waals surface area contributed by atoms with Crippen LogP contribution >= 0.6 is 0 Å². The number of carbonyl (C=O) groups is 2. The van der Waals surface area contributed by atoms with Crippen LogP contribution in [0.4, 0.5) is 5.69 Å². The number of benzene rings is 2. The minimum atomic E-state index is -0.351. The number of nitrogens with zero attached hydrogens (tertiary/aromatic N) is 1. The Kier molecular flexibility index (Phi) is 5.31. The molecule has 4 heteroatoms. The molecule has 2 aromatic carbocycles. The van der Waals surface area contributed by atoms with Gasteiger partial charge in [-0.3, -0.25) is 9.59 Å². The summed E-state index contributed by atoms with van der Waals surface area (Å²) in [6.07, 6.45) is 0.812. The Balaban J connectivity index is 2.24. The van der Waals surface area contributed by atoms with Crippen LogP contribution in [0.25, 0.3) is 0 Å². The van der Waals surface area contributed by atoms with Gasteiger partial charge in [-0.25, -0.2) is 0 Å². The summed E-state index contributed by atoms with van der Waals surface area (Å²) >= 11 is 0. The number of hydrogen-bond donors (Lipinski definition) is 1. The van der Waals surface area contributed by atoms with Crippen LogP contribution in [0.1, 0.15) is 28.8 Å². The maximum absolute atomic E-state index is 12.7. The summed E-state index contributed by atoms with van der Waals surface area (Å²) in [5.41, 5.74) is 7.73. The molecule has 0 aromatic heterocycles. The maximum Gasteiger partial charge on any atom is 0.258 e. The van der Waals surface area contributed by atoms with Crippen molar-refractivity contribution in [2.24, 2.45) is 5.73 Å². The molecule has 0 aliphatic heterocycles. The zero-order valence-corrected chi connectivity index (χ0v) is 12.7. The number of primary amides is 1. The van der Waals surface area contributed by atoms with Gasteiger partial charge in [0.1, 0.15) is 0 Å². The largest absolute Gasteiger partial charge is 0.370 e. The van der Waals surface area contributed by atoms with Gasteiger partial charge in [0.2, 0.25) is 5.91 Å². The molecule has 2 aromatic rings. The van der Waals surface area contributed by atoms with E-state index in [-0.39, 0.29) is 18.2 Å². The van der Waals surface area contributed by atoms with E-state index in [1.807, 2.05) is 49.4 Å². The minimum absolute atomic E-state index is 0.0735. The fourth-order valence-electron chi connectivity index (χ4n) is 2.29. The molecule has 0 atom stereocenters. The molecule has 0 unspecified atom stereocenters. The second-order valence-electron chi connectivity index (χ2n) is 5.23. The molecule has 114 valence electrons. The molecule has 0 radical (unpaired) electrons. The van der Waals surface area contributed by atoms with E-state index in [1.165, 1.54) is 0 Å². The van der Waals surface area contributed by atoms with Crippen molar-refractivity contribution in [2.45, 2.75) is 19.8 Å². The van der Waals surface area contributed by atoms with Gasteiger partial charge in [-0.05, 0) is 43.2 Å². The van der Waals surface area contributed by atoms with Gasteiger partial charge in [0.25, 0.3) is 5.91 Å². The second kappa shape index (κ2) is 7.41. The molecule has 2 rings (SSSR count). The van der Waals surface area contributed by atoms with Crippen LogP contribution in [0.15, 0.2) is 54.6 Å². The topological polar surface area (TPSA) is 63.4 Å². The number of rotatable bonds is 6. The van der Waals surface area contributed by atoms with E-state index in [1.54, 1.807) is 17.0 Å². The fourth-order valence-corrected chi connectivity index (χ4v) is 2.29. The van der Waals surface area contributed by atoms with E-state index in [9.17, 15) is 9.59 Å². The number of carbonyl (C=O) groups excluding carboxylic acids is 2. The highest BCUT2D eigenvalue weighted by molar-refractivity contribution is 6.06. The highest BCUT2D eigenvalue weighted by Gasteiger charge is 2.17. The number of hydrogen-bond acceptors (Lipinski definition) is 2. The SMILES string of the molecule is Cc1cccc(N(CCCC(N)=O)C(=O)c2ccccc2)c1. The molecule has 0 saturated heterocycles. The van der Waals surface area contributed by atoms with Crippen molar-refractivity contribution in [1.29, 1.82) is 0 Å². The smallest absolute Gasteiger partial charge is 0.258 e. The number of aryl methyl sites for hydroxylation is 1. The molecule has 4 nitrogen and oxygen atoms in total. The van der Waals surface area contributed by atoms with Crippen molar-refractivity contribution >= 4 is 17.5 Å². The normalized spacial score (nSPS) is 10.2. The van der Waals surface area contributed by atoms with Gasteiger partial charge in [0, 0.05) is 24.2 Å². The highest BCUT2D eigenvalue weighted by Crippen LogP contribution is 2.19. The first-order valence-electron chi connectivity index (χ1n) is 7.30. The van der Waals surface area contributed by atoms with Gasteiger partial charge >= 0.3 is 0 Å². The van der Waals surface area contributed by atoms with Crippen LogP contribution in [-0.4, -0.2) is 18.4 Å². The standard InChI is InChI=1S/C18H20N2O2/c1-14-7-5-10-16(13-14)20(12-6-11-17(19)21)18(22)15-8-3-2-4-9-15/h2-5,7-10,13H,6,11-12H2,1H3,(H2,19,21). The summed E-state index contributed by atoms with van der Waals surface area (Å²) in [5.74, 6) is -0.424. The van der Waals surface area contributed by atoms with Crippen LogP contribution in [0.2, 0.25) is 0 Å². The van der Waals surface area contributed by atoms with Crippen LogP contribution in [-0.2, 0) is 4.79 Å². The van der Waals surface area contributed by atoms with Crippen LogP contribution < -0.4 is 10.6 Å². The van der Waals surface area contributed by atoms with Gasteiger partial charge in [-0.1, -0.05) is 30.3 Å². The monoisotopic (exact) mass is 296 g/mol. The molecule has 0 aliphatic carbocycles. The molecular formula is C18H20N2O2. The molecule has 0 spiro atoms. The van der Waals surface area contributed by atoms with E-state index >= 15 is 0 Å². The van der Waals surface area contributed by atoms with Gasteiger partial charge in [-0.2, -0.15) is 0 Å². The maximum atomic E-state index is 12.7. The molecule has 2 amide bonds. The highest BCUT2D eigenvalue weighted by atomic mass is 16.2. The zero-order valence-electron chi connectivity index (χ0n) is 12.7. The quantitative estimate of drug-likeness (QED) is 0.890. The first-order valence-corrected chi connectivity index (χ1v) is 7.30. The van der Waals surface area contributed by atoms with Crippen LogP contribution in [0.3, 0.4) is 0 Å². The molecule has 2 N–H and O–H groups in total. The van der Waals surface area contributed by atoms with Crippen molar-refractivity contribution in [2.75, 3.05) is 11.4 Å². The van der Waals surface area contributed by atoms with E-state index in [0.29, 0.717) is 18.5 Å². The summed E-state index contributed by atoms with van der Waals surface area (Å²) < 4.78 is 0. The first-order chi connectivity index (χ1) is 10.6. The van der Waals surface area contributed by atoms with Crippen molar-refractivity contribution in [3.63, 3.8) is 0 Å². The molecule has 0 fully saturated rings. The lowest BCUT2D eigenvalue weighted by Gasteiger charge is -2.23. The molecular weight excluding hydrogens is 276 g/mol. The van der Waals surface area contributed by atoms with Crippen LogP contribution in [0.5, 0.6) is 0 Å². The molecule has 0 aliphatic rings. The molecule has 22 heavy (non-hydrogen) atoms. The predicted octanol–water partition coefficient (Wildman–Crippen LogP) is 2.91. The first kappa shape index (κ1) is 15.8. The number of amides is 2. The van der Waals surface area contributed by atoms with Gasteiger partial charge in [0.05, 0.1) is 0 Å². The fraction of sp³-hybridized carbons (Fsp3) is 0.222.